The van der Waals surface area contributed by atoms with Gasteiger partial charge in [0.2, 0.25) is 17.6 Å². The molecule has 0 saturated carbocycles. The Morgan fingerprint density at radius 1 is 1.19 bits per heavy atom. The van der Waals surface area contributed by atoms with E-state index in [2.05, 4.69) is 25.3 Å². The fourth-order valence-corrected chi connectivity index (χ4v) is 3.03. The number of hydrogen-bond donors (Lipinski definition) is 1. The minimum absolute atomic E-state index is 0.0814. The molecule has 8 heteroatoms. The minimum Gasteiger partial charge on any atom is -0.353 e. The van der Waals surface area contributed by atoms with Crippen LogP contribution in [0.15, 0.2) is 28.8 Å². The lowest BCUT2D eigenvalue weighted by atomic mass is 10.2. The molecular formula is C18H24ClN5O2. The summed E-state index contributed by atoms with van der Waals surface area (Å²) in [6.45, 7) is 8.45. The van der Waals surface area contributed by atoms with Gasteiger partial charge in [-0.1, -0.05) is 16.8 Å². The summed E-state index contributed by atoms with van der Waals surface area (Å²) in [5.74, 6) is 1.25. The Morgan fingerprint density at radius 2 is 1.85 bits per heavy atom. The van der Waals surface area contributed by atoms with Gasteiger partial charge < -0.3 is 9.84 Å². The predicted molar refractivity (Wildman–Crippen MR) is 99.7 cm³/mol. The van der Waals surface area contributed by atoms with Crippen LogP contribution in [0.3, 0.4) is 0 Å². The highest BCUT2D eigenvalue weighted by Gasteiger charge is 2.21. The molecule has 3 rings (SSSR count). The van der Waals surface area contributed by atoms with E-state index in [4.69, 9.17) is 16.1 Å². The second-order valence-corrected chi connectivity index (χ2v) is 7.23. The summed E-state index contributed by atoms with van der Waals surface area (Å²) in [5.41, 5.74) is 0.880. The van der Waals surface area contributed by atoms with Crippen molar-refractivity contribution in [2.75, 3.05) is 32.7 Å². The van der Waals surface area contributed by atoms with Gasteiger partial charge in [-0.05, 0) is 38.1 Å². The first-order valence-electron chi connectivity index (χ1n) is 8.82. The third kappa shape index (κ3) is 5.27. The molecule has 140 valence electrons. The lowest BCUT2D eigenvalue weighted by molar-refractivity contribution is -0.123. The van der Waals surface area contributed by atoms with E-state index >= 15 is 0 Å². The number of benzene rings is 1. The first-order chi connectivity index (χ1) is 12.5. The number of aromatic nitrogens is 2. The summed E-state index contributed by atoms with van der Waals surface area (Å²) in [7, 11) is 0. The molecular weight excluding hydrogens is 354 g/mol. The zero-order chi connectivity index (χ0) is 18.5. The number of carbonyl (C=O) groups is 1. The summed E-state index contributed by atoms with van der Waals surface area (Å²) in [4.78, 5) is 20.7. The Bertz CT molecular complexity index is 723. The zero-order valence-corrected chi connectivity index (χ0v) is 15.9. The number of halogens is 1. The third-order valence-electron chi connectivity index (χ3n) is 4.21. The van der Waals surface area contributed by atoms with Crippen molar-refractivity contribution in [1.29, 1.82) is 0 Å². The summed E-state index contributed by atoms with van der Waals surface area (Å²) < 4.78 is 5.37. The van der Waals surface area contributed by atoms with Crippen LogP contribution in [0.5, 0.6) is 0 Å². The van der Waals surface area contributed by atoms with Crippen LogP contribution < -0.4 is 5.32 Å². The Morgan fingerprint density at radius 3 is 2.50 bits per heavy atom. The fourth-order valence-electron chi connectivity index (χ4n) is 2.90. The summed E-state index contributed by atoms with van der Waals surface area (Å²) in [6, 6.07) is 7.54. The van der Waals surface area contributed by atoms with Gasteiger partial charge in [-0.25, -0.2) is 0 Å². The molecule has 0 atom stereocenters. The van der Waals surface area contributed by atoms with E-state index < -0.39 is 0 Å². The van der Waals surface area contributed by atoms with E-state index in [9.17, 15) is 4.79 Å². The molecule has 26 heavy (non-hydrogen) atoms. The van der Waals surface area contributed by atoms with E-state index in [0.29, 0.717) is 29.8 Å². The van der Waals surface area contributed by atoms with Gasteiger partial charge >= 0.3 is 0 Å². The smallest absolute Gasteiger partial charge is 0.241 e. The summed E-state index contributed by atoms with van der Waals surface area (Å²) in [6.07, 6.45) is 0. The number of nitrogens with zero attached hydrogens (tertiary/aromatic N) is 4. The highest BCUT2D eigenvalue weighted by Crippen LogP contribution is 2.19. The van der Waals surface area contributed by atoms with Crippen molar-refractivity contribution in [3.05, 3.63) is 35.2 Å². The number of hydrogen-bond acceptors (Lipinski definition) is 6. The van der Waals surface area contributed by atoms with Crippen molar-refractivity contribution in [1.82, 2.24) is 25.3 Å². The van der Waals surface area contributed by atoms with Gasteiger partial charge in [0.25, 0.3) is 0 Å². The van der Waals surface area contributed by atoms with Crippen molar-refractivity contribution in [2.24, 2.45) is 0 Å². The van der Waals surface area contributed by atoms with Crippen LogP contribution in [-0.2, 0) is 11.3 Å². The highest BCUT2D eigenvalue weighted by atomic mass is 35.5. The van der Waals surface area contributed by atoms with Crippen LogP contribution >= 0.6 is 11.6 Å². The van der Waals surface area contributed by atoms with Crippen molar-refractivity contribution in [3.8, 4) is 11.4 Å². The third-order valence-corrected chi connectivity index (χ3v) is 4.46. The monoisotopic (exact) mass is 377 g/mol. The Hall–Kier alpha value is -1.96. The lowest BCUT2D eigenvalue weighted by Crippen LogP contribution is -2.49. The first-order valence-corrected chi connectivity index (χ1v) is 9.20. The van der Waals surface area contributed by atoms with Crippen LogP contribution in [0.4, 0.5) is 0 Å². The zero-order valence-electron chi connectivity index (χ0n) is 15.1. The van der Waals surface area contributed by atoms with Gasteiger partial charge in [0.1, 0.15) is 0 Å². The molecule has 1 aliphatic rings. The minimum atomic E-state index is 0.0814. The molecule has 7 nitrogen and oxygen atoms in total. The second-order valence-electron chi connectivity index (χ2n) is 6.79. The van der Waals surface area contributed by atoms with Crippen molar-refractivity contribution >= 4 is 17.5 Å². The predicted octanol–water partition coefficient (Wildman–Crippen LogP) is 2.03. The van der Waals surface area contributed by atoms with E-state index in [0.717, 1.165) is 31.7 Å². The van der Waals surface area contributed by atoms with E-state index in [1.807, 2.05) is 38.1 Å². The van der Waals surface area contributed by atoms with Gasteiger partial charge in [-0.15, -0.1) is 0 Å². The SMILES string of the molecule is CC(C)NC(=O)CN1CCN(Cc2nc(-c3ccc(Cl)cc3)no2)CC1. The molecule has 2 aromatic rings. The van der Waals surface area contributed by atoms with Crippen molar-refractivity contribution in [3.63, 3.8) is 0 Å². The van der Waals surface area contributed by atoms with Crippen LogP contribution in [0.25, 0.3) is 11.4 Å². The van der Waals surface area contributed by atoms with Crippen LogP contribution in [-0.4, -0.2) is 64.6 Å². The van der Waals surface area contributed by atoms with Crippen LogP contribution in [0.1, 0.15) is 19.7 Å². The van der Waals surface area contributed by atoms with Gasteiger partial charge in [0.15, 0.2) is 0 Å². The van der Waals surface area contributed by atoms with Crippen molar-refractivity contribution in [2.45, 2.75) is 26.4 Å². The Kier molecular flexibility index (Phi) is 6.24. The number of amides is 1. The molecule has 1 saturated heterocycles. The first kappa shape index (κ1) is 18.8. The largest absolute Gasteiger partial charge is 0.353 e. The van der Waals surface area contributed by atoms with Gasteiger partial charge in [-0.3, -0.25) is 14.6 Å². The number of rotatable bonds is 6. The summed E-state index contributed by atoms with van der Waals surface area (Å²) >= 11 is 5.90. The van der Waals surface area contributed by atoms with Gasteiger partial charge in [0.05, 0.1) is 13.1 Å². The van der Waals surface area contributed by atoms with E-state index in [1.54, 1.807) is 0 Å². The van der Waals surface area contributed by atoms with E-state index in [-0.39, 0.29) is 11.9 Å². The van der Waals surface area contributed by atoms with Crippen LogP contribution in [0, 0.1) is 0 Å². The molecule has 2 heterocycles. The molecule has 0 bridgehead atoms. The molecule has 1 amide bonds. The summed E-state index contributed by atoms with van der Waals surface area (Å²) in [5, 5.41) is 7.65. The Balaban J connectivity index is 1.48. The van der Waals surface area contributed by atoms with Gasteiger partial charge in [-0.2, -0.15) is 4.98 Å². The topological polar surface area (TPSA) is 74.5 Å². The molecule has 1 aliphatic heterocycles. The van der Waals surface area contributed by atoms with E-state index in [1.165, 1.54) is 0 Å². The molecule has 0 radical (unpaired) electrons. The maximum atomic E-state index is 11.8. The molecule has 1 fully saturated rings. The number of piperazine rings is 1. The second kappa shape index (κ2) is 8.62. The van der Waals surface area contributed by atoms with Crippen molar-refractivity contribution < 1.29 is 9.32 Å². The van der Waals surface area contributed by atoms with Gasteiger partial charge in [0, 0.05) is 42.8 Å². The highest BCUT2D eigenvalue weighted by molar-refractivity contribution is 6.30. The quantitative estimate of drug-likeness (QED) is 0.830. The molecule has 0 unspecified atom stereocenters. The normalized spacial score (nSPS) is 16.2. The maximum Gasteiger partial charge on any atom is 0.241 e. The van der Waals surface area contributed by atoms with Crippen LogP contribution in [0.2, 0.25) is 5.02 Å². The molecule has 1 aromatic carbocycles. The Labute approximate surface area is 158 Å². The molecule has 0 aliphatic carbocycles. The number of carbonyl (C=O) groups excluding carboxylic acids is 1. The average molecular weight is 378 g/mol. The number of nitrogens with one attached hydrogen (secondary N) is 1. The lowest BCUT2D eigenvalue weighted by Gasteiger charge is -2.33. The average Bonchev–Trinajstić information content (AvgIpc) is 3.05. The molecule has 1 aromatic heterocycles. The molecule has 0 spiro atoms. The standard InChI is InChI=1S/C18H24ClN5O2/c1-13(2)20-16(25)11-23-7-9-24(10-8-23)12-17-21-18(22-26-17)14-3-5-15(19)6-4-14/h3-6,13H,7-12H2,1-2H3,(H,20,25). The fraction of sp³-hybridized carbons (Fsp3) is 0.500. The molecule has 1 N–H and O–H groups in total. The maximum absolute atomic E-state index is 11.8.